The number of halogens is 1. The highest BCUT2D eigenvalue weighted by Gasteiger charge is 2.23. The highest BCUT2D eigenvalue weighted by molar-refractivity contribution is 6.07. The van der Waals surface area contributed by atoms with E-state index in [-0.39, 0.29) is 17.6 Å². The molecule has 1 fully saturated rings. The summed E-state index contributed by atoms with van der Waals surface area (Å²) >= 11 is 0. The number of benzene rings is 1. The maximum Gasteiger partial charge on any atom is 0.279 e. The maximum atomic E-state index is 13.4. The summed E-state index contributed by atoms with van der Waals surface area (Å²) in [7, 11) is 0. The third-order valence-corrected chi connectivity index (χ3v) is 6.18. The van der Waals surface area contributed by atoms with Crippen LogP contribution in [-0.4, -0.2) is 48.1 Å². The van der Waals surface area contributed by atoms with Crippen molar-refractivity contribution in [3.05, 3.63) is 59.1 Å². The highest BCUT2D eigenvalue weighted by Crippen LogP contribution is 2.30. The molecule has 1 aliphatic heterocycles. The van der Waals surface area contributed by atoms with Crippen LogP contribution in [0.1, 0.15) is 40.2 Å². The van der Waals surface area contributed by atoms with E-state index in [2.05, 4.69) is 30.2 Å². The Hall–Kier alpha value is -3.66. The van der Waals surface area contributed by atoms with Gasteiger partial charge in [0.2, 0.25) is 0 Å². The number of rotatable bonds is 5. The van der Waals surface area contributed by atoms with Gasteiger partial charge in [-0.1, -0.05) is 5.21 Å². The standard InChI is InChI=1S/C23H24FN7O2/c1-13-9-16(24)6-7-19(13)31-11-18(28-29-31)23(32)27-21-20-14(2)15(3)30(22(20)26-12-25-21)10-17-5-4-8-33-17/h6-7,9,11-12,17H,4-5,8,10H2,1-3H3,(H,25,26,27,32). The quantitative estimate of drug-likeness (QED) is 0.501. The molecular weight excluding hydrogens is 425 g/mol. The smallest absolute Gasteiger partial charge is 0.279 e. The van der Waals surface area contributed by atoms with Crippen molar-refractivity contribution < 1.29 is 13.9 Å². The van der Waals surface area contributed by atoms with Gasteiger partial charge in [0.15, 0.2) is 5.69 Å². The van der Waals surface area contributed by atoms with E-state index in [1.807, 2.05) is 13.8 Å². The fraction of sp³-hybridized carbons (Fsp3) is 0.348. The monoisotopic (exact) mass is 449 g/mol. The number of aromatic nitrogens is 6. The first kappa shape index (κ1) is 21.2. The van der Waals surface area contributed by atoms with Crippen molar-refractivity contribution in [2.45, 2.75) is 46.3 Å². The van der Waals surface area contributed by atoms with Crippen LogP contribution in [0.2, 0.25) is 0 Å². The first-order valence-corrected chi connectivity index (χ1v) is 10.8. The van der Waals surface area contributed by atoms with E-state index in [0.29, 0.717) is 23.6 Å². The Morgan fingerprint density at radius 2 is 2.12 bits per heavy atom. The molecule has 1 amide bonds. The molecule has 1 unspecified atom stereocenters. The van der Waals surface area contributed by atoms with Gasteiger partial charge in [0.1, 0.15) is 23.6 Å². The predicted molar refractivity (Wildman–Crippen MR) is 120 cm³/mol. The molecular formula is C23H24FN7O2. The van der Waals surface area contributed by atoms with Crippen molar-refractivity contribution in [3.8, 4) is 5.69 Å². The van der Waals surface area contributed by atoms with Gasteiger partial charge in [-0.25, -0.2) is 19.0 Å². The molecule has 0 aliphatic carbocycles. The van der Waals surface area contributed by atoms with Gasteiger partial charge in [-0.15, -0.1) is 5.10 Å². The van der Waals surface area contributed by atoms with Crippen LogP contribution < -0.4 is 5.32 Å². The molecule has 1 aliphatic rings. The summed E-state index contributed by atoms with van der Waals surface area (Å²) in [6.07, 6.45) is 5.21. The first-order valence-electron chi connectivity index (χ1n) is 10.8. The van der Waals surface area contributed by atoms with Gasteiger partial charge in [-0.2, -0.15) is 0 Å². The predicted octanol–water partition coefficient (Wildman–Crippen LogP) is 3.51. The molecule has 1 N–H and O–H groups in total. The van der Waals surface area contributed by atoms with E-state index < -0.39 is 5.91 Å². The van der Waals surface area contributed by atoms with Crippen LogP contribution in [0.15, 0.2) is 30.7 Å². The Morgan fingerprint density at radius 3 is 2.88 bits per heavy atom. The molecule has 3 aromatic heterocycles. The van der Waals surface area contributed by atoms with E-state index >= 15 is 0 Å². The van der Waals surface area contributed by atoms with Crippen LogP contribution in [0.4, 0.5) is 10.2 Å². The summed E-state index contributed by atoms with van der Waals surface area (Å²) in [5, 5.41) is 11.7. The van der Waals surface area contributed by atoms with Gasteiger partial charge in [0, 0.05) is 12.3 Å². The van der Waals surface area contributed by atoms with Crippen LogP contribution in [0, 0.1) is 26.6 Å². The minimum Gasteiger partial charge on any atom is -0.376 e. The average molecular weight is 449 g/mol. The molecule has 170 valence electrons. The second kappa shape index (κ2) is 8.36. The van der Waals surface area contributed by atoms with Crippen molar-refractivity contribution >= 4 is 22.8 Å². The number of aryl methyl sites for hydroxylation is 2. The van der Waals surface area contributed by atoms with Crippen LogP contribution in [0.3, 0.4) is 0 Å². The first-order chi connectivity index (χ1) is 15.9. The Bertz CT molecular complexity index is 1350. The van der Waals surface area contributed by atoms with Crippen LogP contribution in [0.25, 0.3) is 16.7 Å². The number of nitrogens with one attached hydrogen (secondary N) is 1. The number of carbonyl (C=O) groups is 1. The number of fused-ring (bicyclic) bond motifs is 1. The van der Waals surface area contributed by atoms with Gasteiger partial charge < -0.3 is 14.6 Å². The summed E-state index contributed by atoms with van der Waals surface area (Å²) in [4.78, 5) is 21.8. The number of anilines is 1. The Labute approximate surface area is 189 Å². The number of carbonyl (C=O) groups excluding carboxylic acids is 1. The SMILES string of the molecule is Cc1cc(F)ccc1-n1cc(C(=O)Nc2ncnc3c2c(C)c(C)n3CC2CCCO2)nn1. The molecule has 0 saturated carbocycles. The fourth-order valence-corrected chi connectivity index (χ4v) is 4.31. The van der Waals surface area contributed by atoms with E-state index in [4.69, 9.17) is 4.74 Å². The zero-order valence-electron chi connectivity index (χ0n) is 18.7. The number of hydrogen-bond acceptors (Lipinski definition) is 6. The highest BCUT2D eigenvalue weighted by atomic mass is 19.1. The van der Waals surface area contributed by atoms with E-state index in [0.717, 1.165) is 41.7 Å². The van der Waals surface area contributed by atoms with Gasteiger partial charge in [0.25, 0.3) is 5.91 Å². The average Bonchev–Trinajstić information content (AvgIpc) is 3.52. The van der Waals surface area contributed by atoms with Gasteiger partial charge in [0.05, 0.1) is 29.9 Å². The fourth-order valence-electron chi connectivity index (χ4n) is 4.31. The lowest BCUT2D eigenvalue weighted by molar-refractivity contribution is 0.0974. The lowest BCUT2D eigenvalue weighted by Crippen LogP contribution is -2.16. The van der Waals surface area contributed by atoms with Gasteiger partial charge >= 0.3 is 0 Å². The molecule has 1 atom stereocenters. The number of amides is 1. The minimum atomic E-state index is -0.440. The van der Waals surface area contributed by atoms with E-state index in [9.17, 15) is 9.18 Å². The normalized spacial score (nSPS) is 15.9. The molecule has 1 aromatic carbocycles. The molecule has 1 saturated heterocycles. The molecule has 10 heteroatoms. The molecule has 0 bridgehead atoms. The summed E-state index contributed by atoms with van der Waals surface area (Å²) in [5.41, 5.74) is 4.28. The summed E-state index contributed by atoms with van der Waals surface area (Å²) < 4.78 is 22.8. The van der Waals surface area contributed by atoms with Crippen molar-refractivity contribution in [3.63, 3.8) is 0 Å². The molecule has 5 rings (SSSR count). The Kier molecular flexibility index (Phi) is 5.37. The third kappa shape index (κ3) is 3.86. The zero-order chi connectivity index (χ0) is 23.1. The lowest BCUT2D eigenvalue weighted by atomic mass is 10.2. The van der Waals surface area contributed by atoms with Crippen molar-refractivity contribution in [2.75, 3.05) is 11.9 Å². The second-order valence-corrected chi connectivity index (χ2v) is 8.31. The van der Waals surface area contributed by atoms with E-state index in [1.165, 1.54) is 29.3 Å². The molecule has 4 heterocycles. The summed E-state index contributed by atoms with van der Waals surface area (Å²) in [6.45, 7) is 7.30. The largest absolute Gasteiger partial charge is 0.376 e. The zero-order valence-corrected chi connectivity index (χ0v) is 18.7. The van der Waals surface area contributed by atoms with Crippen molar-refractivity contribution in [1.82, 2.24) is 29.5 Å². The van der Waals surface area contributed by atoms with Crippen LogP contribution >= 0.6 is 0 Å². The maximum absolute atomic E-state index is 13.4. The molecule has 9 nitrogen and oxygen atoms in total. The second-order valence-electron chi connectivity index (χ2n) is 8.31. The Balaban J connectivity index is 1.43. The molecule has 33 heavy (non-hydrogen) atoms. The minimum absolute atomic E-state index is 0.124. The molecule has 4 aromatic rings. The summed E-state index contributed by atoms with van der Waals surface area (Å²) in [5.74, 6) is -0.353. The molecule has 0 spiro atoms. The van der Waals surface area contributed by atoms with Gasteiger partial charge in [-0.3, -0.25) is 4.79 Å². The topological polar surface area (TPSA) is 99.8 Å². The van der Waals surface area contributed by atoms with Gasteiger partial charge in [-0.05, 0) is 62.9 Å². The van der Waals surface area contributed by atoms with Crippen LogP contribution in [0.5, 0.6) is 0 Å². The number of nitrogens with zero attached hydrogens (tertiary/aromatic N) is 6. The number of hydrogen-bond donors (Lipinski definition) is 1. The van der Waals surface area contributed by atoms with Crippen molar-refractivity contribution in [2.24, 2.45) is 0 Å². The lowest BCUT2D eigenvalue weighted by Gasteiger charge is -2.13. The van der Waals surface area contributed by atoms with E-state index in [1.54, 1.807) is 13.0 Å². The van der Waals surface area contributed by atoms with Crippen molar-refractivity contribution in [1.29, 1.82) is 0 Å². The van der Waals surface area contributed by atoms with Crippen LogP contribution in [-0.2, 0) is 11.3 Å². The summed E-state index contributed by atoms with van der Waals surface area (Å²) in [6, 6.07) is 4.34. The Morgan fingerprint density at radius 1 is 1.27 bits per heavy atom. The molecule has 0 radical (unpaired) electrons. The third-order valence-electron chi connectivity index (χ3n) is 6.18. The number of ether oxygens (including phenoxy) is 1.